The van der Waals surface area contributed by atoms with Crippen molar-refractivity contribution in [1.82, 2.24) is 0 Å². The van der Waals surface area contributed by atoms with Crippen LogP contribution in [0.2, 0.25) is 0 Å². The summed E-state index contributed by atoms with van der Waals surface area (Å²) in [5.74, 6) is 1.15. The lowest BCUT2D eigenvalue weighted by Crippen LogP contribution is -2.32. The van der Waals surface area contributed by atoms with Crippen LogP contribution < -0.4 is 10.5 Å². The van der Waals surface area contributed by atoms with Crippen molar-refractivity contribution in [2.24, 2.45) is 16.3 Å². The van der Waals surface area contributed by atoms with Gasteiger partial charge in [0.15, 0.2) is 0 Å². The number of nitrogens with zero attached hydrogens (tertiary/aromatic N) is 1. The van der Waals surface area contributed by atoms with Gasteiger partial charge in [-0.3, -0.25) is 0 Å². The van der Waals surface area contributed by atoms with Crippen LogP contribution in [0.4, 0.5) is 0 Å². The SMILES string of the molecule is CC(C)(CCCOc1cccc2ccccc12)C(N)=NO. The predicted octanol–water partition coefficient (Wildman–Crippen LogP) is 3.77. The lowest BCUT2D eigenvalue weighted by atomic mass is 9.87. The molecule has 2 rings (SSSR count). The smallest absolute Gasteiger partial charge is 0.144 e. The topological polar surface area (TPSA) is 67.8 Å². The number of fused-ring (bicyclic) bond motifs is 1. The van der Waals surface area contributed by atoms with Gasteiger partial charge in [0.1, 0.15) is 11.6 Å². The van der Waals surface area contributed by atoms with Crippen molar-refractivity contribution in [3.8, 4) is 5.75 Å². The molecule has 4 nitrogen and oxygen atoms in total. The van der Waals surface area contributed by atoms with E-state index in [-0.39, 0.29) is 11.3 Å². The van der Waals surface area contributed by atoms with Gasteiger partial charge in [-0.15, -0.1) is 0 Å². The van der Waals surface area contributed by atoms with E-state index < -0.39 is 0 Å². The van der Waals surface area contributed by atoms with E-state index in [1.165, 1.54) is 5.39 Å². The largest absolute Gasteiger partial charge is 0.493 e. The van der Waals surface area contributed by atoms with E-state index in [2.05, 4.69) is 23.4 Å². The molecule has 0 aromatic heterocycles. The molecule has 0 aliphatic rings. The van der Waals surface area contributed by atoms with Gasteiger partial charge in [-0.1, -0.05) is 55.4 Å². The Bertz CT molecular complexity index is 630. The van der Waals surface area contributed by atoms with Crippen molar-refractivity contribution in [3.63, 3.8) is 0 Å². The van der Waals surface area contributed by atoms with E-state index >= 15 is 0 Å². The van der Waals surface area contributed by atoms with Gasteiger partial charge in [0.05, 0.1) is 6.61 Å². The zero-order valence-corrected chi connectivity index (χ0v) is 12.5. The van der Waals surface area contributed by atoms with E-state index in [0.717, 1.165) is 24.0 Å². The Morgan fingerprint density at radius 2 is 1.90 bits per heavy atom. The van der Waals surface area contributed by atoms with Crippen LogP contribution in [0.1, 0.15) is 26.7 Å². The molecular formula is C17H22N2O2. The van der Waals surface area contributed by atoms with Crippen molar-refractivity contribution >= 4 is 16.6 Å². The Kier molecular flexibility index (Phi) is 4.68. The van der Waals surface area contributed by atoms with Crippen molar-refractivity contribution in [2.45, 2.75) is 26.7 Å². The summed E-state index contributed by atoms with van der Waals surface area (Å²) in [6.07, 6.45) is 1.64. The van der Waals surface area contributed by atoms with E-state index in [1.807, 2.05) is 38.1 Å². The van der Waals surface area contributed by atoms with Crippen LogP contribution in [-0.2, 0) is 0 Å². The minimum Gasteiger partial charge on any atom is -0.493 e. The Morgan fingerprint density at radius 1 is 1.19 bits per heavy atom. The van der Waals surface area contributed by atoms with Crippen LogP contribution in [0.25, 0.3) is 10.8 Å². The average molecular weight is 286 g/mol. The first-order valence-corrected chi connectivity index (χ1v) is 7.13. The molecule has 3 N–H and O–H groups in total. The molecule has 0 saturated carbocycles. The molecule has 0 aliphatic carbocycles. The van der Waals surface area contributed by atoms with Crippen molar-refractivity contribution in [3.05, 3.63) is 42.5 Å². The zero-order chi connectivity index (χ0) is 15.3. The molecule has 2 aromatic rings. The summed E-state index contributed by atoms with van der Waals surface area (Å²) in [6.45, 7) is 4.52. The fourth-order valence-corrected chi connectivity index (χ4v) is 2.28. The van der Waals surface area contributed by atoms with Gasteiger partial charge < -0.3 is 15.7 Å². The van der Waals surface area contributed by atoms with E-state index in [1.54, 1.807) is 0 Å². The van der Waals surface area contributed by atoms with Gasteiger partial charge in [0, 0.05) is 10.8 Å². The molecule has 0 saturated heterocycles. The molecule has 0 unspecified atom stereocenters. The predicted molar refractivity (Wildman–Crippen MR) is 85.9 cm³/mol. The highest BCUT2D eigenvalue weighted by atomic mass is 16.5. The molecular weight excluding hydrogens is 264 g/mol. The van der Waals surface area contributed by atoms with Crippen molar-refractivity contribution in [1.29, 1.82) is 0 Å². The van der Waals surface area contributed by atoms with Gasteiger partial charge in [-0.05, 0) is 24.3 Å². The first-order chi connectivity index (χ1) is 10.0. The maximum atomic E-state index is 8.76. The standard InChI is InChI=1S/C17H22N2O2/c1-17(2,16(18)19-20)11-6-12-21-15-10-5-8-13-7-3-4-9-14(13)15/h3-5,7-10,20H,6,11-12H2,1-2H3,(H2,18,19). The second-order valence-corrected chi connectivity index (χ2v) is 5.80. The lowest BCUT2D eigenvalue weighted by Gasteiger charge is -2.22. The monoisotopic (exact) mass is 286 g/mol. The third-order valence-corrected chi connectivity index (χ3v) is 3.75. The van der Waals surface area contributed by atoms with Crippen LogP contribution in [-0.4, -0.2) is 17.6 Å². The van der Waals surface area contributed by atoms with Gasteiger partial charge in [-0.2, -0.15) is 0 Å². The van der Waals surface area contributed by atoms with Crippen LogP contribution in [0.3, 0.4) is 0 Å². The molecule has 0 aliphatic heterocycles. The first-order valence-electron chi connectivity index (χ1n) is 7.13. The molecule has 0 fully saturated rings. The molecule has 0 amide bonds. The Labute approximate surface area is 125 Å². The molecule has 2 aromatic carbocycles. The maximum absolute atomic E-state index is 8.76. The molecule has 0 heterocycles. The minimum atomic E-state index is -0.323. The summed E-state index contributed by atoms with van der Waals surface area (Å²) in [4.78, 5) is 0. The molecule has 0 radical (unpaired) electrons. The highest BCUT2D eigenvalue weighted by molar-refractivity contribution is 5.88. The number of oxime groups is 1. The summed E-state index contributed by atoms with van der Waals surface area (Å²) in [5.41, 5.74) is 5.36. The average Bonchev–Trinajstić information content (AvgIpc) is 2.50. The summed E-state index contributed by atoms with van der Waals surface area (Å²) in [5, 5.41) is 14.1. The number of hydrogen-bond donors (Lipinski definition) is 2. The Morgan fingerprint density at radius 3 is 2.67 bits per heavy atom. The van der Waals surface area contributed by atoms with Gasteiger partial charge >= 0.3 is 0 Å². The molecule has 21 heavy (non-hydrogen) atoms. The number of hydrogen-bond acceptors (Lipinski definition) is 3. The molecule has 112 valence electrons. The van der Waals surface area contributed by atoms with Crippen LogP contribution >= 0.6 is 0 Å². The molecule has 4 heteroatoms. The fourth-order valence-electron chi connectivity index (χ4n) is 2.28. The number of nitrogens with two attached hydrogens (primary N) is 1. The molecule has 0 bridgehead atoms. The van der Waals surface area contributed by atoms with Gasteiger partial charge in [-0.25, -0.2) is 0 Å². The van der Waals surface area contributed by atoms with Crippen LogP contribution in [0.5, 0.6) is 5.75 Å². The molecule has 0 atom stereocenters. The third kappa shape index (κ3) is 3.66. The summed E-state index contributed by atoms with van der Waals surface area (Å²) in [6, 6.07) is 14.2. The second-order valence-electron chi connectivity index (χ2n) is 5.80. The second kappa shape index (κ2) is 6.48. The maximum Gasteiger partial charge on any atom is 0.144 e. The highest BCUT2D eigenvalue weighted by Crippen LogP contribution is 2.26. The normalized spacial score (nSPS) is 12.6. The zero-order valence-electron chi connectivity index (χ0n) is 12.5. The Hall–Kier alpha value is -2.23. The van der Waals surface area contributed by atoms with Crippen molar-refractivity contribution in [2.75, 3.05) is 6.61 Å². The van der Waals surface area contributed by atoms with E-state index in [0.29, 0.717) is 6.61 Å². The van der Waals surface area contributed by atoms with Crippen LogP contribution in [0, 0.1) is 5.41 Å². The molecule has 0 spiro atoms. The van der Waals surface area contributed by atoms with Crippen LogP contribution in [0.15, 0.2) is 47.6 Å². The van der Waals surface area contributed by atoms with Gasteiger partial charge in [0.2, 0.25) is 0 Å². The summed E-state index contributed by atoms with van der Waals surface area (Å²) in [7, 11) is 0. The number of ether oxygens (including phenoxy) is 1. The number of rotatable bonds is 6. The quantitative estimate of drug-likeness (QED) is 0.279. The van der Waals surface area contributed by atoms with E-state index in [9.17, 15) is 0 Å². The van der Waals surface area contributed by atoms with Crippen molar-refractivity contribution < 1.29 is 9.94 Å². The lowest BCUT2D eigenvalue weighted by molar-refractivity contribution is 0.279. The third-order valence-electron chi connectivity index (χ3n) is 3.75. The fraction of sp³-hybridized carbons (Fsp3) is 0.353. The highest BCUT2D eigenvalue weighted by Gasteiger charge is 2.22. The van der Waals surface area contributed by atoms with Gasteiger partial charge in [0.25, 0.3) is 0 Å². The number of amidine groups is 1. The summed E-state index contributed by atoms with van der Waals surface area (Å²) < 4.78 is 5.88. The first kappa shape index (κ1) is 15.2. The number of benzene rings is 2. The van der Waals surface area contributed by atoms with E-state index in [4.69, 9.17) is 15.7 Å². The Balaban J connectivity index is 1.94. The summed E-state index contributed by atoms with van der Waals surface area (Å²) >= 11 is 0. The minimum absolute atomic E-state index is 0.257.